The smallest absolute Gasteiger partial charge is 0.106 e. The summed E-state index contributed by atoms with van der Waals surface area (Å²) < 4.78 is 0.838. The van der Waals surface area contributed by atoms with Gasteiger partial charge in [0.05, 0.1) is 11.9 Å². The van der Waals surface area contributed by atoms with Crippen molar-refractivity contribution in [3.63, 3.8) is 0 Å². The van der Waals surface area contributed by atoms with Gasteiger partial charge in [0, 0.05) is 12.1 Å². The summed E-state index contributed by atoms with van der Waals surface area (Å²) >= 11 is 3.27. The Morgan fingerprint density at radius 1 is 1.54 bits per heavy atom. The number of nitrogens with two attached hydrogens (primary N) is 1. The number of hydrogen-bond donors (Lipinski definition) is 2. The van der Waals surface area contributed by atoms with Crippen molar-refractivity contribution in [2.24, 2.45) is 5.73 Å². The molecule has 0 aliphatic heterocycles. The van der Waals surface area contributed by atoms with E-state index in [4.69, 9.17) is 5.73 Å². The van der Waals surface area contributed by atoms with Gasteiger partial charge in [-0.2, -0.15) is 0 Å². The lowest BCUT2D eigenvalue weighted by atomic mass is 10.1. The fraction of sp³-hybridized carbons (Fsp3) is 0.444. The molecule has 1 rings (SSSR count). The first-order valence-corrected chi connectivity index (χ1v) is 4.91. The van der Waals surface area contributed by atoms with Crippen LogP contribution in [0, 0.1) is 0 Å². The molecule has 1 heterocycles. The van der Waals surface area contributed by atoms with Gasteiger partial charge in [0.15, 0.2) is 0 Å². The van der Waals surface area contributed by atoms with E-state index in [2.05, 4.69) is 26.2 Å². The Bertz CT molecular complexity index is 263. The molecule has 0 atom stereocenters. The van der Waals surface area contributed by atoms with Crippen LogP contribution < -0.4 is 11.1 Å². The molecule has 0 aromatic carbocycles. The van der Waals surface area contributed by atoms with Crippen LogP contribution in [-0.2, 0) is 0 Å². The zero-order valence-corrected chi connectivity index (χ0v) is 9.43. The molecule has 1 aromatic rings. The second kappa shape index (κ2) is 4.07. The number of hydrogen-bond acceptors (Lipinski definition) is 3. The van der Waals surface area contributed by atoms with Crippen molar-refractivity contribution in [2.75, 3.05) is 11.9 Å². The molecule has 4 heteroatoms. The molecule has 0 spiro atoms. The third-order valence-electron chi connectivity index (χ3n) is 1.48. The quantitative estimate of drug-likeness (QED) is 0.799. The fourth-order valence-electron chi connectivity index (χ4n) is 0.810. The van der Waals surface area contributed by atoms with E-state index in [0.29, 0.717) is 0 Å². The predicted molar refractivity (Wildman–Crippen MR) is 58.7 cm³/mol. The minimum Gasteiger partial charge on any atom is -0.382 e. The number of nitrogens with one attached hydrogen (secondary N) is 1. The van der Waals surface area contributed by atoms with Crippen molar-refractivity contribution in [3.8, 4) is 0 Å². The maximum atomic E-state index is 5.82. The van der Waals surface area contributed by atoms with Gasteiger partial charge in [-0.25, -0.2) is 4.98 Å². The first kappa shape index (κ1) is 10.5. The minimum absolute atomic E-state index is 0.201. The average Bonchev–Trinajstić information content (AvgIpc) is 2.02. The first-order chi connectivity index (χ1) is 5.97. The van der Waals surface area contributed by atoms with E-state index in [9.17, 15) is 0 Å². The number of halogens is 1. The van der Waals surface area contributed by atoms with E-state index >= 15 is 0 Å². The van der Waals surface area contributed by atoms with Crippen LogP contribution in [0.5, 0.6) is 0 Å². The maximum absolute atomic E-state index is 5.82. The van der Waals surface area contributed by atoms with Gasteiger partial charge in [-0.1, -0.05) is 0 Å². The van der Waals surface area contributed by atoms with E-state index < -0.39 is 0 Å². The summed E-state index contributed by atoms with van der Waals surface area (Å²) in [4.78, 5) is 4.09. The van der Waals surface area contributed by atoms with Crippen molar-refractivity contribution < 1.29 is 0 Å². The van der Waals surface area contributed by atoms with Crippen LogP contribution in [0.25, 0.3) is 0 Å². The van der Waals surface area contributed by atoms with Gasteiger partial charge in [0.25, 0.3) is 0 Å². The lowest BCUT2D eigenvalue weighted by Crippen LogP contribution is -2.39. The molecule has 13 heavy (non-hydrogen) atoms. The second-order valence-corrected chi connectivity index (χ2v) is 4.52. The van der Waals surface area contributed by atoms with Crippen molar-refractivity contribution in [3.05, 3.63) is 22.9 Å². The van der Waals surface area contributed by atoms with Gasteiger partial charge < -0.3 is 11.1 Å². The maximum Gasteiger partial charge on any atom is 0.106 e. The van der Waals surface area contributed by atoms with Crippen LogP contribution >= 0.6 is 15.9 Å². The molecule has 0 saturated heterocycles. The Morgan fingerprint density at radius 3 is 2.69 bits per heavy atom. The summed E-state index contributed by atoms with van der Waals surface area (Å²) in [5.41, 5.74) is 6.61. The van der Waals surface area contributed by atoms with Crippen LogP contribution in [0.2, 0.25) is 0 Å². The molecule has 1 aromatic heterocycles. The van der Waals surface area contributed by atoms with Crippen LogP contribution in [0.3, 0.4) is 0 Å². The third kappa shape index (κ3) is 4.24. The number of rotatable bonds is 3. The monoisotopic (exact) mass is 243 g/mol. The van der Waals surface area contributed by atoms with Gasteiger partial charge in [0.2, 0.25) is 0 Å². The standard InChI is InChI=1S/C9H14BrN3/c1-9(2,11)6-13-7-3-4-8(10)12-5-7/h3-5,13H,6,11H2,1-2H3. The normalized spacial score (nSPS) is 11.4. The first-order valence-electron chi connectivity index (χ1n) is 4.12. The summed E-state index contributed by atoms with van der Waals surface area (Å²) in [5.74, 6) is 0. The zero-order valence-electron chi connectivity index (χ0n) is 7.84. The lowest BCUT2D eigenvalue weighted by molar-refractivity contribution is 0.549. The van der Waals surface area contributed by atoms with Gasteiger partial charge in [-0.3, -0.25) is 0 Å². The Balaban J connectivity index is 2.51. The summed E-state index contributed by atoms with van der Waals surface area (Å²) in [5, 5.41) is 3.20. The van der Waals surface area contributed by atoms with Crippen molar-refractivity contribution in [2.45, 2.75) is 19.4 Å². The van der Waals surface area contributed by atoms with E-state index in [-0.39, 0.29) is 5.54 Å². The minimum atomic E-state index is -0.201. The predicted octanol–water partition coefficient (Wildman–Crippen LogP) is 1.99. The molecule has 3 N–H and O–H groups in total. The summed E-state index contributed by atoms with van der Waals surface area (Å²) in [6.07, 6.45) is 1.77. The third-order valence-corrected chi connectivity index (χ3v) is 1.94. The molecule has 3 nitrogen and oxygen atoms in total. The second-order valence-electron chi connectivity index (χ2n) is 3.71. The Hall–Kier alpha value is -0.610. The summed E-state index contributed by atoms with van der Waals surface area (Å²) in [6.45, 7) is 4.69. The Kier molecular flexibility index (Phi) is 3.27. The molecule has 0 unspecified atom stereocenters. The molecule has 0 fully saturated rings. The fourth-order valence-corrected chi connectivity index (χ4v) is 1.04. The van der Waals surface area contributed by atoms with Crippen LogP contribution in [0.4, 0.5) is 5.69 Å². The lowest BCUT2D eigenvalue weighted by Gasteiger charge is -2.19. The molecule has 0 radical (unpaired) electrons. The average molecular weight is 244 g/mol. The van der Waals surface area contributed by atoms with Crippen LogP contribution in [-0.4, -0.2) is 17.1 Å². The molecule has 0 aliphatic rings. The molecule has 72 valence electrons. The number of pyridine rings is 1. The number of aromatic nitrogens is 1. The van der Waals surface area contributed by atoms with Crippen molar-refractivity contribution in [1.29, 1.82) is 0 Å². The van der Waals surface area contributed by atoms with Gasteiger partial charge >= 0.3 is 0 Å². The van der Waals surface area contributed by atoms with E-state index in [1.165, 1.54) is 0 Å². The number of nitrogens with zero attached hydrogens (tertiary/aromatic N) is 1. The van der Waals surface area contributed by atoms with Gasteiger partial charge in [-0.15, -0.1) is 0 Å². The Labute approximate surface area is 86.9 Å². The highest BCUT2D eigenvalue weighted by Gasteiger charge is 2.09. The number of anilines is 1. The van der Waals surface area contributed by atoms with Crippen molar-refractivity contribution >= 4 is 21.6 Å². The van der Waals surface area contributed by atoms with Crippen molar-refractivity contribution in [1.82, 2.24) is 4.98 Å². The molecule has 0 saturated carbocycles. The molecular formula is C9H14BrN3. The van der Waals surface area contributed by atoms with E-state index in [1.807, 2.05) is 26.0 Å². The highest BCUT2D eigenvalue weighted by molar-refractivity contribution is 9.10. The summed E-state index contributed by atoms with van der Waals surface area (Å²) in [6, 6.07) is 3.86. The highest BCUT2D eigenvalue weighted by atomic mass is 79.9. The van der Waals surface area contributed by atoms with E-state index in [1.54, 1.807) is 6.20 Å². The molecule has 0 bridgehead atoms. The Morgan fingerprint density at radius 2 is 2.23 bits per heavy atom. The zero-order chi connectivity index (χ0) is 9.90. The van der Waals surface area contributed by atoms with E-state index in [0.717, 1.165) is 16.8 Å². The largest absolute Gasteiger partial charge is 0.382 e. The molecule has 0 aliphatic carbocycles. The topological polar surface area (TPSA) is 50.9 Å². The van der Waals surface area contributed by atoms with Gasteiger partial charge in [0.1, 0.15) is 4.60 Å². The molecule has 0 amide bonds. The van der Waals surface area contributed by atoms with Crippen LogP contribution in [0.1, 0.15) is 13.8 Å². The molecular weight excluding hydrogens is 230 g/mol. The SMILES string of the molecule is CC(C)(N)CNc1ccc(Br)nc1. The highest BCUT2D eigenvalue weighted by Crippen LogP contribution is 2.11. The summed E-state index contributed by atoms with van der Waals surface area (Å²) in [7, 11) is 0. The van der Waals surface area contributed by atoms with Crippen LogP contribution in [0.15, 0.2) is 22.9 Å². The van der Waals surface area contributed by atoms with Gasteiger partial charge in [-0.05, 0) is 41.9 Å².